The minimum Gasteiger partial charge on any atom is -0.320 e. The minimum absolute atomic E-state index is 0.129. The minimum atomic E-state index is -3.73. The monoisotopic (exact) mass is 488 g/mol. The van der Waals surface area contributed by atoms with E-state index in [1.165, 1.54) is 59.8 Å². The third-order valence-electron chi connectivity index (χ3n) is 5.37. The van der Waals surface area contributed by atoms with Crippen LogP contribution in [0.15, 0.2) is 53.4 Å². The van der Waals surface area contributed by atoms with Crippen LogP contribution in [0.4, 0.5) is 10.1 Å². The van der Waals surface area contributed by atoms with Gasteiger partial charge in [-0.2, -0.15) is 4.31 Å². The number of Topliss-reactive ketones (excluding diaryl/α,β-unsaturated/α-hetero) is 1. The number of carbonyl (C=O) groups excluding carboxylic acids is 2. The Bertz CT molecular complexity index is 1270. The molecule has 33 heavy (non-hydrogen) atoms. The number of piperidine rings is 1. The summed E-state index contributed by atoms with van der Waals surface area (Å²) in [7, 11) is -3.73. The number of carbonyl (C=O) groups is 2. The highest BCUT2D eigenvalue weighted by Gasteiger charge is 2.33. The van der Waals surface area contributed by atoms with Crippen LogP contribution in [0.5, 0.6) is 0 Å². The van der Waals surface area contributed by atoms with E-state index in [-0.39, 0.29) is 28.1 Å². The van der Waals surface area contributed by atoms with E-state index >= 15 is 0 Å². The highest BCUT2D eigenvalue weighted by molar-refractivity contribution is 7.89. The summed E-state index contributed by atoms with van der Waals surface area (Å²) in [4.78, 5) is 24.0. The second kappa shape index (κ2) is 9.46. The van der Waals surface area contributed by atoms with Crippen molar-refractivity contribution in [2.45, 2.75) is 30.6 Å². The van der Waals surface area contributed by atoms with Gasteiger partial charge in [0.1, 0.15) is 10.8 Å². The van der Waals surface area contributed by atoms with Crippen molar-refractivity contribution in [2.75, 3.05) is 18.4 Å². The normalized spacial score (nSPS) is 17.0. The van der Waals surface area contributed by atoms with E-state index in [2.05, 4.69) is 15.5 Å². The first-order chi connectivity index (χ1) is 15.7. The van der Waals surface area contributed by atoms with E-state index in [0.29, 0.717) is 29.2 Å². The maximum absolute atomic E-state index is 13.1. The molecule has 1 amide bonds. The average molecular weight is 489 g/mol. The highest BCUT2D eigenvalue weighted by atomic mass is 32.2. The Morgan fingerprint density at radius 3 is 2.45 bits per heavy atom. The second-order valence-electron chi connectivity index (χ2n) is 7.69. The van der Waals surface area contributed by atoms with Gasteiger partial charge in [-0.15, -0.1) is 10.2 Å². The molecule has 172 valence electrons. The van der Waals surface area contributed by atoms with Crippen molar-refractivity contribution < 1.29 is 22.4 Å². The summed E-state index contributed by atoms with van der Waals surface area (Å²) in [6.45, 7) is 2.03. The van der Waals surface area contributed by atoms with Crippen molar-refractivity contribution in [3.8, 4) is 0 Å². The maximum atomic E-state index is 13.1. The number of nitrogens with one attached hydrogen (secondary N) is 1. The summed E-state index contributed by atoms with van der Waals surface area (Å²) in [6.07, 6.45) is 1.37. The number of amides is 1. The van der Waals surface area contributed by atoms with Gasteiger partial charge in [0.05, 0.1) is 4.90 Å². The van der Waals surface area contributed by atoms with Crippen molar-refractivity contribution in [3.63, 3.8) is 0 Å². The Labute approximate surface area is 194 Å². The van der Waals surface area contributed by atoms with E-state index in [9.17, 15) is 22.4 Å². The number of hydrogen-bond acceptors (Lipinski definition) is 7. The molecule has 0 unspecified atom stereocenters. The quantitative estimate of drug-likeness (QED) is 0.530. The average Bonchev–Trinajstić information content (AvgIpc) is 3.31. The van der Waals surface area contributed by atoms with Gasteiger partial charge in [0, 0.05) is 30.3 Å². The molecule has 1 aliphatic rings. The van der Waals surface area contributed by atoms with Gasteiger partial charge in [-0.05, 0) is 56.2 Å². The van der Waals surface area contributed by atoms with Gasteiger partial charge in [-0.1, -0.05) is 23.5 Å². The van der Waals surface area contributed by atoms with Crippen LogP contribution in [-0.2, 0) is 10.0 Å². The Hall–Kier alpha value is -3.02. The van der Waals surface area contributed by atoms with Crippen LogP contribution in [0, 0.1) is 5.82 Å². The lowest BCUT2D eigenvalue weighted by Gasteiger charge is -2.30. The van der Waals surface area contributed by atoms with Crippen molar-refractivity contribution in [3.05, 3.63) is 69.9 Å². The zero-order chi connectivity index (χ0) is 23.6. The molecule has 11 heteroatoms. The Balaban J connectivity index is 1.46. The van der Waals surface area contributed by atoms with Gasteiger partial charge < -0.3 is 5.32 Å². The molecule has 2 heterocycles. The summed E-state index contributed by atoms with van der Waals surface area (Å²) < 4.78 is 40.6. The third kappa shape index (κ3) is 5.15. The van der Waals surface area contributed by atoms with Crippen molar-refractivity contribution in [2.24, 2.45) is 0 Å². The van der Waals surface area contributed by atoms with Crippen molar-refractivity contribution in [1.29, 1.82) is 0 Å². The molecule has 1 aromatic heterocycles. The van der Waals surface area contributed by atoms with Gasteiger partial charge in [0.25, 0.3) is 5.91 Å². The lowest BCUT2D eigenvalue weighted by molar-refractivity contribution is 0.101. The van der Waals surface area contributed by atoms with E-state index < -0.39 is 21.7 Å². The van der Waals surface area contributed by atoms with Crippen LogP contribution in [0.3, 0.4) is 0 Å². The molecule has 0 aliphatic carbocycles. The molecule has 4 rings (SSSR count). The predicted octanol–water partition coefficient (Wildman–Crippen LogP) is 3.70. The molecule has 1 aliphatic heterocycles. The smallest absolute Gasteiger partial charge is 0.286 e. The SMILES string of the molecule is CC(=O)c1ccc(S(=O)(=O)N2CCC[C@H](c3nnc(C(=O)Nc4ccc(F)cc4)s3)C2)cc1. The van der Waals surface area contributed by atoms with Gasteiger partial charge >= 0.3 is 0 Å². The lowest BCUT2D eigenvalue weighted by atomic mass is 10.0. The molecule has 1 saturated heterocycles. The van der Waals surface area contributed by atoms with E-state index in [1.807, 2.05) is 0 Å². The van der Waals surface area contributed by atoms with Crippen LogP contribution >= 0.6 is 11.3 Å². The number of rotatable bonds is 6. The molecule has 8 nitrogen and oxygen atoms in total. The first kappa shape index (κ1) is 23.1. The third-order valence-corrected chi connectivity index (χ3v) is 8.33. The summed E-state index contributed by atoms with van der Waals surface area (Å²) in [5.41, 5.74) is 0.884. The zero-order valence-electron chi connectivity index (χ0n) is 17.7. The van der Waals surface area contributed by atoms with Crippen LogP contribution in [0.25, 0.3) is 0 Å². The predicted molar refractivity (Wildman–Crippen MR) is 121 cm³/mol. The maximum Gasteiger partial charge on any atom is 0.286 e. The Morgan fingerprint density at radius 2 is 1.79 bits per heavy atom. The topological polar surface area (TPSA) is 109 Å². The lowest BCUT2D eigenvalue weighted by Crippen LogP contribution is -2.39. The van der Waals surface area contributed by atoms with Crippen LogP contribution < -0.4 is 5.32 Å². The number of anilines is 1. The second-order valence-corrected chi connectivity index (χ2v) is 10.6. The molecular weight excluding hydrogens is 467 g/mol. The van der Waals surface area contributed by atoms with Crippen LogP contribution in [0.1, 0.15) is 50.9 Å². The molecule has 0 spiro atoms. The number of sulfonamides is 1. The Morgan fingerprint density at radius 1 is 1.09 bits per heavy atom. The molecule has 1 atom stereocenters. The Kier molecular flexibility index (Phi) is 6.63. The fourth-order valence-electron chi connectivity index (χ4n) is 3.58. The highest BCUT2D eigenvalue weighted by Crippen LogP contribution is 2.32. The standard InChI is InChI=1S/C22H21FN4O4S2/c1-14(28)15-4-10-19(11-5-15)33(30,31)27-12-2-3-16(13-27)21-25-26-22(32-21)20(29)24-18-8-6-17(23)7-9-18/h4-11,16H,2-3,12-13H2,1H3,(H,24,29)/t16-/m0/s1. The number of aromatic nitrogens is 2. The summed E-state index contributed by atoms with van der Waals surface area (Å²) in [5, 5.41) is 11.5. The number of ketones is 1. The van der Waals surface area contributed by atoms with E-state index in [4.69, 9.17) is 0 Å². The number of nitrogens with zero attached hydrogens (tertiary/aromatic N) is 3. The molecular formula is C22H21FN4O4S2. The molecule has 1 fully saturated rings. The van der Waals surface area contributed by atoms with Crippen molar-refractivity contribution in [1.82, 2.24) is 14.5 Å². The van der Waals surface area contributed by atoms with E-state index in [1.54, 1.807) is 0 Å². The van der Waals surface area contributed by atoms with Gasteiger partial charge in [0.2, 0.25) is 15.0 Å². The summed E-state index contributed by atoms with van der Waals surface area (Å²) in [6, 6.07) is 11.3. The summed E-state index contributed by atoms with van der Waals surface area (Å²) >= 11 is 1.12. The van der Waals surface area contributed by atoms with Crippen molar-refractivity contribution >= 4 is 38.7 Å². The molecule has 3 aromatic rings. The molecule has 0 bridgehead atoms. The molecule has 0 saturated carbocycles. The number of halogens is 1. The molecule has 2 aromatic carbocycles. The first-order valence-electron chi connectivity index (χ1n) is 10.3. The molecule has 1 N–H and O–H groups in total. The summed E-state index contributed by atoms with van der Waals surface area (Å²) in [5.74, 6) is -1.18. The molecule has 0 radical (unpaired) electrons. The van der Waals surface area contributed by atoms with Crippen LogP contribution in [0.2, 0.25) is 0 Å². The number of hydrogen-bond donors (Lipinski definition) is 1. The largest absolute Gasteiger partial charge is 0.320 e. The number of benzene rings is 2. The zero-order valence-corrected chi connectivity index (χ0v) is 19.3. The first-order valence-corrected chi connectivity index (χ1v) is 12.5. The van der Waals surface area contributed by atoms with Gasteiger partial charge in [0.15, 0.2) is 5.78 Å². The fourth-order valence-corrected chi connectivity index (χ4v) is 5.97. The fraction of sp³-hybridized carbons (Fsp3) is 0.273. The van der Waals surface area contributed by atoms with Crippen LogP contribution in [-0.4, -0.2) is 47.7 Å². The van der Waals surface area contributed by atoms with Gasteiger partial charge in [-0.3, -0.25) is 9.59 Å². The van der Waals surface area contributed by atoms with Gasteiger partial charge in [-0.25, -0.2) is 12.8 Å². The van der Waals surface area contributed by atoms with E-state index in [0.717, 1.165) is 17.8 Å².